The van der Waals surface area contributed by atoms with Gasteiger partial charge in [0.25, 0.3) is 0 Å². The molecule has 0 radical (unpaired) electrons. The lowest BCUT2D eigenvalue weighted by atomic mass is 10.0. The molecule has 0 saturated carbocycles. The zero-order chi connectivity index (χ0) is 16.9. The number of fused-ring (bicyclic) bond motifs is 1. The van der Waals surface area contributed by atoms with Crippen LogP contribution in [0.15, 0.2) is 48.7 Å². The molecule has 0 spiro atoms. The molecule has 2 aromatic carbocycles. The third-order valence-electron chi connectivity index (χ3n) is 3.89. The number of hydrogen-bond donors (Lipinski definition) is 1. The molecule has 1 N–H and O–H groups in total. The van der Waals surface area contributed by atoms with Gasteiger partial charge in [-0.15, -0.1) is 0 Å². The number of nitrogens with zero attached hydrogens (tertiary/aromatic N) is 3. The highest BCUT2D eigenvalue weighted by molar-refractivity contribution is 6.04. The third-order valence-corrected chi connectivity index (χ3v) is 3.89. The second-order valence-electron chi connectivity index (χ2n) is 5.65. The van der Waals surface area contributed by atoms with Crippen molar-refractivity contribution >= 4 is 34.5 Å². The van der Waals surface area contributed by atoms with Crippen molar-refractivity contribution in [1.82, 2.24) is 9.97 Å². The minimum atomic E-state index is 0.683. The van der Waals surface area contributed by atoms with E-state index in [-0.39, 0.29) is 0 Å². The number of anilines is 3. The molecular weight excluding hydrogens is 300 g/mol. The summed E-state index contributed by atoms with van der Waals surface area (Å²) in [6.45, 7) is 3.03. The quantitative estimate of drug-likeness (QED) is 0.695. The van der Waals surface area contributed by atoms with Crippen LogP contribution in [0.25, 0.3) is 10.8 Å². The summed E-state index contributed by atoms with van der Waals surface area (Å²) in [5.74, 6) is 1.42. The molecule has 0 aliphatic heterocycles. The van der Waals surface area contributed by atoms with Crippen molar-refractivity contribution in [2.75, 3.05) is 23.8 Å². The molecule has 24 heavy (non-hydrogen) atoms. The second-order valence-corrected chi connectivity index (χ2v) is 5.65. The van der Waals surface area contributed by atoms with Gasteiger partial charge in [-0.05, 0) is 30.0 Å². The van der Waals surface area contributed by atoms with Crippen LogP contribution in [0.3, 0.4) is 0 Å². The zero-order valence-corrected chi connectivity index (χ0v) is 13.9. The fourth-order valence-electron chi connectivity index (χ4n) is 2.71. The van der Waals surface area contributed by atoms with Crippen LogP contribution >= 0.6 is 0 Å². The van der Waals surface area contributed by atoms with Gasteiger partial charge < -0.3 is 10.2 Å². The van der Waals surface area contributed by atoms with E-state index in [2.05, 4.69) is 22.2 Å². The maximum absolute atomic E-state index is 11.2. The summed E-state index contributed by atoms with van der Waals surface area (Å²) < 4.78 is 0. The van der Waals surface area contributed by atoms with Crippen LogP contribution < -0.4 is 10.2 Å². The molecule has 3 rings (SSSR count). The van der Waals surface area contributed by atoms with Crippen LogP contribution in [0, 0.1) is 0 Å². The predicted molar refractivity (Wildman–Crippen MR) is 98.2 cm³/mol. The van der Waals surface area contributed by atoms with Gasteiger partial charge in [0, 0.05) is 36.4 Å². The van der Waals surface area contributed by atoms with E-state index in [0.717, 1.165) is 41.5 Å². The van der Waals surface area contributed by atoms with E-state index in [9.17, 15) is 4.79 Å². The average Bonchev–Trinajstić information content (AvgIpc) is 2.62. The maximum Gasteiger partial charge on any atom is 0.227 e. The third kappa shape index (κ3) is 3.20. The van der Waals surface area contributed by atoms with E-state index < -0.39 is 0 Å². The van der Waals surface area contributed by atoms with Crippen LogP contribution in [-0.4, -0.2) is 29.8 Å². The molecule has 1 aromatic heterocycles. The van der Waals surface area contributed by atoms with Crippen molar-refractivity contribution in [3.63, 3.8) is 0 Å². The number of aldehydes is 1. The Morgan fingerprint density at radius 1 is 1.12 bits per heavy atom. The lowest BCUT2D eigenvalue weighted by molar-refractivity contribution is 0.112. The Labute approximate surface area is 141 Å². The highest BCUT2D eigenvalue weighted by atomic mass is 16.1. The van der Waals surface area contributed by atoms with Gasteiger partial charge in [0.15, 0.2) is 6.29 Å². The molecular formula is C19H20N4O. The first kappa shape index (κ1) is 15.9. The summed E-state index contributed by atoms with van der Waals surface area (Å²) in [7, 11) is 1.98. The van der Waals surface area contributed by atoms with Crippen molar-refractivity contribution in [3.8, 4) is 0 Å². The molecule has 0 saturated heterocycles. The highest BCUT2D eigenvalue weighted by Crippen LogP contribution is 2.28. The molecule has 5 nitrogen and oxygen atoms in total. The van der Waals surface area contributed by atoms with E-state index in [1.165, 1.54) is 0 Å². The molecule has 0 amide bonds. The summed E-state index contributed by atoms with van der Waals surface area (Å²) in [6.07, 6.45) is 3.67. The Kier molecular flexibility index (Phi) is 4.70. The van der Waals surface area contributed by atoms with Gasteiger partial charge in [0.05, 0.1) is 0 Å². The number of benzene rings is 2. The topological polar surface area (TPSA) is 58.1 Å². The van der Waals surface area contributed by atoms with Gasteiger partial charge in [0.2, 0.25) is 5.95 Å². The van der Waals surface area contributed by atoms with Crippen LogP contribution in [-0.2, 0) is 0 Å². The molecule has 3 aromatic rings. The molecule has 0 bridgehead atoms. The lowest BCUT2D eigenvalue weighted by Gasteiger charge is -2.17. The molecule has 1 heterocycles. The first-order chi connectivity index (χ1) is 11.7. The molecule has 0 aliphatic rings. The van der Waals surface area contributed by atoms with E-state index in [1.54, 1.807) is 6.20 Å². The molecule has 5 heteroatoms. The minimum Gasteiger partial charge on any atom is -0.344 e. The van der Waals surface area contributed by atoms with Crippen molar-refractivity contribution in [3.05, 3.63) is 54.2 Å². The number of carbonyl (C=O) groups excluding carboxylic acids is 1. The molecule has 0 unspecified atom stereocenters. The maximum atomic E-state index is 11.2. The molecule has 0 fully saturated rings. The summed E-state index contributed by atoms with van der Waals surface area (Å²) in [6, 6.07) is 13.4. The lowest BCUT2D eigenvalue weighted by Crippen LogP contribution is -2.20. The number of hydrogen-bond acceptors (Lipinski definition) is 5. The van der Waals surface area contributed by atoms with Crippen LogP contribution in [0.5, 0.6) is 0 Å². The average molecular weight is 320 g/mol. The minimum absolute atomic E-state index is 0.683. The number of nitrogens with one attached hydrogen (secondary N) is 1. The van der Waals surface area contributed by atoms with Crippen molar-refractivity contribution in [2.45, 2.75) is 13.3 Å². The molecule has 0 aliphatic carbocycles. The Morgan fingerprint density at radius 3 is 2.67 bits per heavy atom. The Hall–Kier alpha value is -2.95. The SMILES string of the molecule is CCCN(C)c1nccc(Nc2ccc(C=O)c3ccccc23)n1. The highest BCUT2D eigenvalue weighted by Gasteiger charge is 2.08. The smallest absolute Gasteiger partial charge is 0.227 e. The predicted octanol–water partition coefficient (Wildman–Crippen LogP) is 4.03. The van der Waals surface area contributed by atoms with Crippen molar-refractivity contribution < 1.29 is 4.79 Å². The number of aromatic nitrogens is 2. The standard InChI is InChI=1S/C19H20N4O/c1-3-12-23(2)19-20-11-10-18(22-19)21-17-9-8-14(13-24)15-6-4-5-7-16(15)17/h4-11,13H,3,12H2,1-2H3,(H,20,21,22). The van der Waals surface area contributed by atoms with Gasteiger partial charge in [-0.1, -0.05) is 31.2 Å². The van der Waals surface area contributed by atoms with Crippen LogP contribution in [0.1, 0.15) is 23.7 Å². The number of carbonyl (C=O) groups is 1. The Bertz CT molecular complexity index is 863. The summed E-state index contributed by atoms with van der Waals surface area (Å²) in [5.41, 5.74) is 1.60. The summed E-state index contributed by atoms with van der Waals surface area (Å²) in [4.78, 5) is 22.1. The van der Waals surface area contributed by atoms with E-state index in [0.29, 0.717) is 11.5 Å². The Morgan fingerprint density at radius 2 is 1.92 bits per heavy atom. The van der Waals surface area contributed by atoms with Crippen LogP contribution in [0.4, 0.5) is 17.5 Å². The van der Waals surface area contributed by atoms with Gasteiger partial charge >= 0.3 is 0 Å². The summed E-state index contributed by atoms with van der Waals surface area (Å²) in [5, 5.41) is 5.26. The van der Waals surface area contributed by atoms with Gasteiger partial charge in [0.1, 0.15) is 5.82 Å². The van der Waals surface area contributed by atoms with E-state index in [4.69, 9.17) is 0 Å². The largest absolute Gasteiger partial charge is 0.344 e. The van der Waals surface area contributed by atoms with E-state index in [1.807, 2.05) is 54.4 Å². The monoisotopic (exact) mass is 320 g/mol. The van der Waals surface area contributed by atoms with Crippen LogP contribution in [0.2, 0.25) is 0 Å². The first-order valence-corrected chi connectivity index (χ1v) is 8.01. The zero-order valence-electron chi connectivity index (χ0n) is 13.9. The van der Waals surface area contributed by atoms with Crippen molar-refractivity contribution in [2.24, 2.45) is 0 Å². The van der Waals surface area contributed by atoms with E-state index >= 15 is 0 Å². The van der Waals surface area contributed by atoms with Gasteiger partial charge in [-0.2, -0.15) is 4.98 Å². The first-order valence-electron chi connectivity index (χ1n) is 8.01. The van der Waals surface area contributed by atoms with Gasteiger partial charge in [-0.3, -0.25) is 4.79 Å². The fourth-order valence-corrected chi connectivity index (χ4v) is 2.71. The fraction of sp³-hybridized carbons (Fsp3) is 0.211. The molecule has 122 valence electrons. The molecule has 0 atom stereocenters. The number of rotatable bonds is 6. The second kappa shape index (κ2) is 7.08. The van der Waals surface area contributed by atoms with Gasteiger partial charge in [-0.25, -0.2) is 4.98 Å². The summed E-state index contributed by atoms with van der Waals surface area (Å²) >= 11 is 0. The Balaban J connectivity index is 1.96. The van der Waals surface area contributed by atoms with Crippen molar-refractivity contribution in [1.29, 1.82) is 0 Å². The normalized spacial score (nSPS) is 10.6.